The van der Waals surface area contributed by atoms with Crippen LogP contribution < -0.4 is 15.2 Å². The normalized spacial score (nSPS) is 16.6. The highest BCUT2D eigenvalue weighted by Crippen LogP contribution is 2.28. The van der Waals surface area contributed by atoms with Gasteiger partial charge >= 0.3 is 0 Å². The van der Waals surface area contributed by atoms with E-state index in [4.69, 9.17) is 15.2 Å². The van der Waals surface area contributed by atoms with Crippen LogP contribution in [-0.2, 0) is 6.42 Å². The number of nitrogens with two attached hydrogens (primary N) is 1. The van der Waals surface area contributed by atoms with Gasteiger partial charge in [0.15, 0.2) is 17.5 Å². The largest absolute Gasteiger partial charge is 0.493 e. The molecule has 1 aromatic rings. The molecule has 0 aromatic heterocycles. The second-order valence-electron chi connectivity index (χ2n) is 6.60. The monoisotopic (exact) mass is 461 g/mol. The number of hydrogen-bond donors (Lipinski definition) is 1. The number of rotatable bonds is 6. The predicted molar refractivity (Wildman–Crippen MR) is 114 cm³/mol. The third-order valence-corrected chi connectivity index (χ3v) is 4.53. The van der Waals surface area contributed by atoms with Crippen molar-refractivity contribution in [2.24, 2.45) is 16.6 Å². The van der Waals surface area contributed by atoms with Crippen molar-refractivity contribution in [3.63, 3.8) is 0 Å². The molecule has 2 N–H and O–H groups in total. The number of guanidine groups is 1. The molecule has 1 atom stereocenters. The van der Waals surface area contributed by atoms with E-state index in [2.05, 4.69) is 22.9 Å². The van der Waals surface area contributed by atoms with Gasteiger partial charge in [-0.3, -0.25) is 4.99 Å². The van der Waals surface area contributed by atoms with Gasteiger partial charge in [0.05, 0.1) is 14.2 Å². The van der Waals surface area contributed by atoms with E-state index in [1.807, 2.05) is 12.1 Å². The maximum absolute atomic E-state index is 6.18. The Hall–Kier alpha value is -1.18. The summed E-state index contributed by atoms with van der Waals surface area (Å²) >= 11 is 0. The average Bonchev–Trinajstić information content (AvgIpc) is 2.89. The van der Waals surface area contributed by atoms with Crippen LogP contribution in [0, 0.1) is 5.92 Å². The Labute approximate surface area is 169 Å². The van der Waals surface area contributed by atoms with E-state index in [1.54, 1.807) is 14.2 Å². The first-order valence-corrected chi connectivity index (χ1v) is 8.89. The van der Waals surface area contributed by atoms with Crippen LogP contribution in [0.25, 0.3) is 0 Å². The molecule has 1 unspecified atom stereocenters. The maximum atomic E-state index is 6.18. The van der Waals surface area contributed by atoms with Crippen molar-refractivity contribution in [1.82, 2.24) is 4.90 Å². The molecular formula is C19H32IN3O2. The van der Waals surface area contributed by atoms with E-state index < -0.39 is 0 Å². The van der Waals surface area contributed by atoms with Crippen molar-refractivity contribution in [1.29, 1.82) is 0 Å². The zero-order valence-electron chi connectivity index (χ0n) is 15.7. The molecule has 0 aliphatic carbocycles. The van der Waals surface area contributed by atoms with E-state index in [0.29, 0.717) is 11.9 Å². The summed E-state index contributed by atoms with van der Waals surface area (Å²) < 4.78 is 10.7. The number of nitrogens with zero attached hydrogens (tertiary/aromatic N) is 2. The first-order chi connectivity index (χ1) is 11.6. The van der Waals surface area contributed by atoms with E-state index in [0.717, 1.165) is 37.6 Å². The number of hydrogen-bond acceptors (Lipinski definition) is 3. The molecule has 1 heterocycles. The summed E-state index contributed by atoms with van der Waals surface area (Å²) in [5, 5.41) is 0. The second kappa shape index (κ2) is 11.4. The molecule has 0 saturated carbocycles. The molecule has 6 heteroatoms. The molecule has 142 valence electrons. The Morgan fingerprint density at radius 1 is 1.12 bits per heavy atom. The molecule has 1 aromatic carbocycles. The summed E-state index contributed by atoms with van der Waals surface area (Å²) in [6.07, 6.45) is 5.99. The highest BCUT2D eigenvalue weighted by Gasteiger charge is 2.12. The molecule has 1 aliphatic heterocycles. The highest BCUT2D eigenvalue weighted by atomic mass is 127. The standard InChI is InChI=1S/C19H31N3O2.HI/c1-15(12-16-8-9-17(23-2)18(13-16)24-3)14-21-19(20)22-10-6-4-5-7-11-22;/h8-9,13,15H,4-7,10-12,14H2,1-3H3,(H2,20,21);1H. The number of ether oxygens (including phenoxy) is 2. The second-order valence-corrected chi connectivity index (χ2v) is 6.60. The molecule has 1 saturated heterocycles. The highest BCUT2D eigenvalue weighted by molar-refractivity contribution is 14.0. The molecule has 0 radical (unpaired) electrons. The summed E-state index contributed by atoms with van der Waals surface area (Å²) in [5.74, 6) is 2.66. The van der Waals surface area contributed by atoms with Gasteiger partial charge in [0.25, 0.3) is 0 Å². The third-order valence-electron chi connectivity index (χ3n) is 4.53. The quantitative estimate of drug-likeness (QED) is 0.399. The molecule has 0 spiro atoms. The SMILES string of the molecule is COc1ccc(CC(C)CN=C(N)N2CCCCCC2)cc1OC.I. The fourth-order valence-corrected chi connectivity index (χ4v) is 3.12. The summed E-state index contributed by atoms with van der Waals surface area (Å²) in [5.41, 5.74) is 7.41. The molecule has 0 bridgehead atoms. The number of likely N-dealkylation sites (tertiary alicyclic amines) is 1. The predicted octanol–water partition coefficient (Wildman–Crippen LogP) is 3.69. The van der Waals surface area contributed by atoms with Gasteiger partial charge in [-0.05, 0) is 42.9 Å². The van der Waals surface area contributed by atoms with E-state index >= 15 is 0 Å². The molecule has 1 aliphatic rings. The molecule has 0 amide bonds. The fraction of sp³-hybridized carbons (Fsp3) is 0.632. The van der Waals surface area contributed by atoms with E-state index in [1.165, 1.54) is 31.2 Å². The number of aliphatic imine (C=N–C) groups is 1. The zero-order valence-corrected chi connectivity index (χ0v) is 18.0. The van der Waals surface area contributed by atoms with Crippen LogP contribution in [0.2, 0.25) is 0 Å². The molecule has 1 fully saturated rings. The van der Waals surface area contributed by atoms with Crippen molar-refractivity contribution in [3.8, 4) is 11.5 Å². The van der Waals surface area contributed by atoms with Crippen molar-refractivity contribution < 1.29 is 9.47 Å². The summed E-state index contributed by atoms with van der Waals surface area (Å²) in [7, 11) is 3.32. The van der Waals surface area contributed by atoms with Crippen molar-refractivity contribution in [2.45, 2.75) is 39.0 Å². The van der Waals surface area contributed by atoms with E-state index in [9.17, 15) is 0 Å². The van der Waals surface area contributed by atoms with E-state index in [-0.39, 0.29) is 24.0 Å². The van der Waals surface area contributed by atoms with Crippen molar-refractivity contribution in [2.75, 3.05) is 33.9 Å². The van der Waals surface area contributed by atoms with Crippen LogP contribution in [0.5, 0.6) is 11.5 Å². The Kier molecular flexibility index (Phi) is 10.0. The summed E-state index contributed by atoms with van der Waals surface area (Å²) in [6.45, 7) is 5.03. The van der Waals surface area contributed by atoms with Gasteiger partial charge < -0.3 is 20.1 Å². The fourth-order valence-electron chi connectivity index (χ4n) is 3.12. The minimum Gasteiger partial charge on any atom is -0.493 e. The van der Waals surface area contributed by atoms with Gasteiger partial charge in [-0.25, -0.2) is 0 Å². The number of halogens is 1. The van der Waals surface area contributed by atoms with Crippen LogP contribution >= 0.6 is 24.0 Å². The maximum Gasteiger partial charge on any atom is 0.191 e. The minimum absolute atomic E-state index is 0. The first-order valence-electron chi connectivity index (χ1n) is 8.89. The van der Waals surface area contributed by atoms with Gasteiger partial charge in [-0.1, -0.05) is 25.8 Å². The molecular weight excluding hydrogens is 429 g/mol. The third kappa shape index (κ3) is 6.92. The topological polar surface area (TPSA) is 60.1 Å². The Morgan fingerprint density at radius 2 is 1.76 bits per heavy atom. The minimum atomic E-state index is 0. The first kappa shape index (κ1) is 21.9. The lowest BCUT2D eigenvalue weighted by atomic mass is 10.0. The van der Waals surface area contributed by atoms with Crippen LogP contribution in [0.4, 0.5) is 0 Å². The lowest BCUT2D eigenvalue weighted by Crippen LogP contribution is -2.38. The van der Waals surface area contributed by atoms with Gasteiger partial charge in [0, 0.05) is 19.6 Å². The van der Waals surface area contributed by atoms with Crippen LogP contribution in [0.1, 0.15) is 38.2 Å². The van der Waals surface area contributed by atoms with Gasteiger partial charge in [0.2, 0.25) is 0 Å². The lowest BCUT2D eigenvalue weighted by Gasteiger charge is -2.21. The van der Waals surface area contributed by atoms with Crippen LogP contribution in [0.3, 0.4) is 0 Å². The lowest BCUT2D eigenvalue weighted by molar-refractivity contribution is 0.354. The average molecular weight is 461 g/mol. The smallest absolute Gasteiger partial charge is 0.191 e. The van der Waals surface area contributed by atoms with Gasteiger partial charge in [-0.2, -0.15) is 0 Å². The van der Waals surface area contributed by atoms with Gasteiger partial charge in [-0.15, -0.1) is 24.0 Å². The Balaban J connectivity index is 0.00000312. The summed E-state index contributed by atoms with van der Waals surface area (Å²) in [6, 6.07) is 6.08. The molecule has 2 rings (SSSR count). The Morgan fingerprint density at radius 3 is 2.36 bits per heavy atom. The molecule has 5 nitrogen and oxygen atoms in total. The Bertz CT molecular complexity index is 543. The van der Waals surface area contributed by atoms with Crippen LogP contribution in [0.15, 0.2) is 23.2 Å². The van der Waals surface area contributed by atoms with Crippen molar-refractivity contribution >= 4 is 29.9 Å². The zero-order chi connectivity index (χ0) is 17.4. The summed E-state index contributed by atoms with van der Waals surface area (Å²) in [4.78, 5) is 6.86. The number of benzene rings is 1. The van der Waals surface area contributed by atoms with Gasteiger partial charge in [0.1, 0.15) is 0 Å². The van der Waals surface area contributed by atoms with Crippen LogP contribution in [-0.4, -0.2) is 44.7 Å². The molecule has 25 heavy (non-hydrogen) atoms. The number of methoxy groups -OCH3 is 2. The van der Waals surface area contributed by atoms with Crippen molar-refractivity contribution in [3.05, 3.63) is 23.8 Å².